The fraction of sp³-hybridized carbons (Fsp3) is 0.462. The van der Waals surface area contributed by atoms with Gasteiger partial charge in [-0.2, -0.15) is 0 Å². The molecule has 6 heteroatoms. The lowest BCUT2D eigenvalue weighted by molar-refractivity contribution is -0.00547. The molecule has 0 spiro atoms. The van der Waals surface area contributed by atoms with Gasteiger partial charge in [-0.15, -0.1) is 0 Å². The van der Waals surface area contributed by atoms with Gasteiger partial charge >= 0.3 is 0 Å². The number of carbonyl (C=O) groups excluding carboxylic acids is 1. The molecule has 0 aliphatic carbocycles. The number of nitrogens with zero attached hydrogens (tertiary/aromatic N) is 1. The normalized spacial score (nSPS) is 23.5. The van der Waals surface area contributed by atoms with E-state index < -0.39 is 11.6 Å². The van der Waals surface area contributed by atoms with Crippen molar-refractivity contribution < 1.29 is 18.3 Å². The smallest absolute Gasteiger partial charge is 0.183 e. The number of ether oxygens (including phenoxy) is 1. The van der Waals surface area contributed by atoms with E-state index in [4.69, 9.17) is 4.74 Å². The number of rotatable bonds is 2. The molecular weight excluding hydrogens is 367 g/mol. The van der Waals surface area contributed by atoms with Crippen molar-refractivity contribution in [3.63, 3.8) is 0 Å². The van der Waals surface area contributed by atoms with Crippen molar-refractivity contribution in [2.24, 2.45) is 0 Å². The Labute approximate surface area is 124 Å². The summed E-state index contributed by atoms with van der Waals surface area (Å²) in [5.74, 6) is -1.87. The van der Waals surface area contributed by atoms with Gasteiger partial charge < -0.3 is 9.64 Å². The van der Waals surface area contributed by atoms with Gasteiger partial charge in [-0.3, -0.25) is 4.79 Å². The van der Waals surface area contributed by atoms with Crippen molar-refractivity contribution >= 4 is 34.6 Å². The Morgan fingerprint density at radius 1 is 1.32 bits per heavy atom. The Hall–Kier alpha value is -0.760. The molecular formula is C13H14F2INO2. The van der Waals surface area contributed by atoms with Gasteiger partial charge in [-0.1, -0.05) is 0 Å². The fourth-order valence-corrected chi connectivity index (χ4v) is 2.95. The summed E-state index contributed by atoms with van der Waals surface area (Å²) in [5, 5.41) is 0. The van der Waals surface area contributed by atoms with Gasteiger partial charge in [0, 0.05) is 18.7 Å². The molecule has 2 rings (SSSR count). The molecule has 1 aromatic carbocycles. The second-order valence-electron chi connectivity index (χ2n) is 4.70. The van der Waals surface area contributed by atoms with Crippen LogP contribution in [0.4, 0.5) is 14.5 Å². The summed E-state index contributed by atoms with van der Waals surface area (Å²) in [4.78, 5) is 12.8. The SMILES string of the molecule is CC1CN(c2c(C=O)cc(I)c(F)c2F)CC(C)O1. The largest absolute Gasteiger partial charge is 0.372 e. The van der Waals surface area contributed by atoms with Gasteiger partial charge in [0.1, 0.15) is 0 Å². The molecule has 2 unspecified atom stereocenters. The Bertz CT molecular complexity index is 500. The van der Waals surface area contributed by atoms with E-state index in [-0.39, 0.29) is 27.0 Å². The minimum Gasteiger partial charge on any atom is -0.372 e. The Morgan fingerprint density at radius 2 is 1.89 bits per heavy atom. The molecule has 2 atom stereocenters. The number of hydrogen-bond acceptors (Lipinski definition) is 3. The molecule has 1 aromatic rings. The van der Waals surface area contributed by atoms with Gasteiger partial charge in [0.15, 0.2) is 17.9 Å². The standard InChI is InChI=1S/C13H14F2INO2/c1-7-4-17(5-8(2)19-7)13-9(6-18)3-10(16)11(14)12(13)15/h3,6-8H,4-5H2,1-2H3. The molecule has 1 aliphatic rings. The maximum atomic E-state index is 14.1. The highest BCUT2D eigenvalue weighted by Crippen LogP contribution is 2.31. The highest BCUT2D eigenvalue weighted by Gasteiger charge is 2.28. The predicted molar refractivity (Wildman–Crippen MR) is 76.7 cm³/mol. The number of aldehydes is 1. The molecule has 1 fully saturated rings. The maximum Gasteiger partial charge on any atom is 0.183 e. The van der Waals surface area contributed by atoms with Crippen LogP contribution in [0.1, 0.15) is 24.2 Å². The van der Waals surface area contributed by atoms with E-state index in [0.29, 0.717) is 19.4 Å². The summed E-state index contributed by atoms with van der Waals surface area (Å²) in [5.41, 5.74) is 0.208. The van der Waals surface area contributed by atoms with Crippen LogP contribution in [0.3, 0.4) is 0 Å². The average Bonchev–Trinajstić information content (AvgIpc) is 2.34. The number of carbonyl (C=O) groups is 1. The van der Waals surface area contributed by atoms with E-state index in [1.54, 1.807) is 27.5 Å². The molecule has 0 aromatic heterocycles. The van der Waals surface area contributed by atoms with Crippen LogP contribution in [0.25, 0.3) is 0 Å². The van der Waals surface area contributed by atoms with Crippen LogP contribution in [0.15, 0.2) is 6.07 Å². The number of morpholine rings is 1. The lowest BCUT2D eigenvalue weighted by Gasteiger charge is -2.37. The summed E-state index contributed by atoms with van der Waals surface area (Å²) >= 11 is 1.68. The minimum absolute atomic E-state index is 0.0370. The third-order valence-electron chi connectivity index (χ3n) is 3.03. The number of halogens is 3. The molecule has 1 saturated heterocycles. The molecule has 1 aliphatic heterocycles. The van der Waals surface area contributed by atoms with Crippen LogP contribution in [0.5, 0.6) is 0 Å². The molecule has 104 valence electrons. The Kier molecular flexibility index (Phi) is 4.39. The molecule has 0 bridgehead atoms. The third kappa shape index (κ3) is 2.89. The van der Waals surface area contributed by atoms with Gasteiger partial charge in [0.25, 0.3) is 0 Å². The fourth-order valence-electron chi connectivity index (χ4n) is 2.38. The van der Waals surface area contributed by atoms with E-state index in [2.05, 4.69) is 0 Å². The lowest BCUT2D eigenvalue weighted by Crippen LogP contribution is -2.46. The van der Waals surface area contributed by atoms with Crippen molar-refractivity contribution in [3.8, 4) is 0 Å². The molecule has 0 amide bonds. The summed E-state index contributed by atoms with van der Waals surface area (Å²) < 4.78 is 33.5. The van der Waals surface area contributed by atoms with E-state index in [9.17, 15) is 13.6 Å². The van der Waals surface area contributed by atoms with E-state index in [1.165, 1.54) is 6.07 Å². The minimum atomic E-state index is -0.963. The first-order valence-corrected chi connectivity index (χ1v) is 7.05. The van der Waals surface area contributed by atoms with Crippen LogP contribution in [0, 0.1) is 15.2 Å². The zero-order chi connectivity index (χ0) is 14.2. The molecule has 3 nitrogen and oxygen atoms in total. The first-order valence-electron chi connectivity index (χ1n) is 5.97. The van der Waals surface area contributed by atoms with Crippen molar-refractivity contribution in [1.82, 2.24) is 0 Å². The van der Waals surface area contributed by atoms with Crippen LogP contribution < -0.4 is 4.90 Å². The van der Waals surface area contributed by atoms with E-state index >= 15 is 0 Å². The molecule has 0 N–H and O–H groups in total. The van der Waals surface area contributed by atoms with Crippen molar-refractivity contribution in [1.29, 1.82) is 0 Å². The quantitative estimate of drug-likeness (QED) is 0.448. The first kappa shape index (κ1) is 14.6. The van der Waals surface area contributed by atoms with Crippen molar-refractivity contribution in [3.05, 3.63) is 26.8 Å². The number of benzene rings is 1. The highest BCUT2D eigenvalue weighted by atomic mass is 127. The van der Waals surface area contributed by atoms with E-state index in [1.807, 2.05) is 13.8 Å². The van der Waals surface area contributed by atoms with Crippen LogP contribution >= 0.6 is 22.6 Å². The van der Waals surface area contributed by atoms with Crippen LogP contribution in [-0.4, -0.2) is 31.6 Å². The summed E-state index contributed by atoms with van der Waals surface area (Å²) in [6, 6.07) is 1.37. The van der Waals surface area contributed by atoms with Crippen LogP contribution in [-0.2, 0) is 4.74 Å². The molecule has 0 saturated carbocycles. The Balaban J connectivity index is 2.48. The first-order chi connectivity index (χ1) is 8.93. The van der Waals surface area contributed by atoms with Gasteiger partial charge in [0.2, 0.25) is 0 Å². The zero-order valence-electron chi connectivity index (χ0n) is 10.6. The second kappa shape index (κ2) is 5.70. The highest BCUT2D eigenvalue weighted by molar-refractivity contribution is 14.1. The summed E-state index contributed by atoms with van der Waals surface area (Å²) in [6.45, 7) is 4.60. The van der Waals surface area contributed by atoms with Crippen molar-refractivity contribution in [2.75, 3.05) is 18.0 Å². The van der Waals surface area contributed by atoms with Gasteiger partial charge in [-0.25, -0.2) is 8.78 Å². The van der Waals surface area contributed by atoms with E-state index in [0.717, 1.165) is 0 Å². The van der Waals surface area contributed by atoms with Crippen molar-refractivity contribution in [2.45, 2.75) is 26.1 Å². The number of anilines is 1. The predicted octanol–water partition coefficient (Wildman–Crippen LogP) is 3.00. The maximum absolute atomic E-state index is 14.1. The number of hydrogen-bond donors (Lipinski definition) is 0. The molecule has 1 heterocycles. The summed E-state index contributed by atoms with van der Waals surface area (Å²) in [7, 11) is 0. The average molecular weight is 381 g/mol. The van der Waals surface area contributed by atoms with Crippen LogP contribution in [0.2, 0.25) is 0 Å². The monoisotopic (exact) mass is 381 g/mol. The molecule has 0 radical (unpaired) electrons. The zero-order valence-corrected chi connectivity index (χ0v) is 12.8. The second-order valence-corrected chi connectivity index (χ2v) is 5.87. The summed E-state index contributed by atoms with van der Waals surface area (Å²) in [6.07, 6.45) is 0.375. The topological polar surface area (TPSA) is 29.5 Å². The van der Waals surface area contributed by atoms with Gasteiger partial charge in [-0.05, 0) is 42.5 Å². The van der Waals surface area contributed by atoms with Gasteiger partial charge in [0.05, 0.1) is 21.5 Å². The lowest BCUT2D eigenvalue weighted by atomic mass is 10.1. The Morgan fingerprint density at radius 3 is 2.42 bits per heavy atom. The third-order valence-corrected chi connectivity index (χ3v) is 3.81. The molecule has 19 heavy (non-hydrogen) atoms.